The SMILES string of the molecule is CN[C](=O)[In]1[CH]=CC=[C]1Oc1ccnc(NC(=O)N2CCC(C)(O)CC2)c1. The van der Waals surface area contributed by atoms with Gasteiger partial charge in [0.25, 0.3) is 0 Å². The van der Waals surface area contributed by atoms with Crippen molar-refractivity contribution in [1.82, 2.24) is 15.2 Å². The first kappa shape index (κ1) is 19.8. The fraction of sp³-hybridized carbons (Fsp3) is 0.389. The summed E-state index contributed by atoms with van der Waals surface area (Å²) in [5.74, 6) is 0.913. The summed E-state index contributed by atoms with van der Waals surface area (Å²) in [6.07, 6.45) is 6.34. The Balaban J connectivity index is 1.61. The number of carbonyl (C=O) groups excluding carboxylic acids is 2. The second kappa shape index (κ2) is 8.35. The predicted octanol–water partition coefficient (Wildman–Crippen LogP) is 1.79. The van der Waals surface area contributed by atoms with Crippen molar-refractivity contribution in [3.63, 3.8) is 0 Å². The van der Waals surface area contributed by atoms with Crippen LogP contribution < -0.4 is 15.4 Å². The van der Waals surface area contributed by atoms with Crippen molar-refractivity contribution in [3.8, 4) is 5.75 Å². The predicted molar refractivity (Wildman–Crippen MR) is 103 cm³/mol. The Bertz CT molecular complexity index is 783. The van der Waals surface area contributed by atoms with Crippen LogP contribution in [0.15, 0.2) is 37.8 Å². The van der Waals surface area contributed by atoms with E-state index in [-0.39, 0.29) is 9.69 Å². The van der Waals surface area contributed by atoms with E-state index in [9.17, 15) is 14.7 Å². The Morgan fingerprint density at radius 2 is 2.11 bits per heavy atom. The first-order valence-corrected chi connectivity index (χ1v) is 14.1. The number of rotatable bonds is 4. The number of pyridine rings is 1. The summed E-state index contributed by atoms with van der Waals surface area (Å²) in [5, 5.41) is 15.5. The molecule has 8 nitrogen and oxygen atoms in total. The summed E-state index contributed by atoms with van der Waals surface area (Å²) in [7, 11) is 1.63. The van der Waals surface area contributed by atoms with E-state index in [1.54, 1.807) is 37.2 Å². The van der Waals surface area contributed by atoms with Crippen LogP contribution in [0.25, 0.3) is 0 Å². The third-order valence-corrected chi connectivity index (χ3v) is 11.5. The number of nitrogens with zero attached hydrogens (tertiary/aromatic N) is 2. The minimum atomic E-state index is -2.74. The summed E-state index contributed by atoms with van der Waals surface area (Å²) in [5.41, 5.74) is -0.709. The van der Waals surface area contributed by atoms with Gasteiger partial charge in [-0.2, -0.15) is 0 Å². The monoisotopic (exact) mass is 474 g/mol. The van der Waals surface area contributed by atoms with Crippen molar-refractivity contribution < 1.29 is 19.4 Å². The average molecular weight is 474 g/mol. The van der Waals surface area contributed by atoms with Gasteiger partial charge < -0.3 is 0 Å². The molecule has 1 fully saturated rings. The first-order valence-electron chi connectivity index (χ1n) is 8.90. The van der Waals surface area contributed by atoms with Crippen LogP contribution in [0.4, 0.5) is 15.4 Å². The molecule has 9 heteroatoms. The van der Waals surface area contributed by atoms with Crippen LogP contribution in [0.1, 0.15) is 19.8 Å². The van der Waals surface area contributed by atoms with Gasteiger partial charge in [-0.25, -0.2) is 0 Å². The number of piperidine rings is 1. The van der Waals surface area contributed by atoms with E-state index < -0.39 is 27.0 Å². The van der Waals surface area contributed by atoms with Gasteiger partial charge in [0.15, 0.2) is 0 Å². The number of urea groups is 1. The molecule has 0 spiro atoms. The van der Waals surface area contributed by atoms with Gasteiger partial charge in [-0.3, -0.25) is 0 Å². The van der Waals surface area contributed by atoms with Gasteiger partial charge in [0.05, 0.1) is 0 Å². The Morgan fingerprint density at radius 1 is 1.37 bits per heavy atom. The van der Waals surface area contributed by atoms with Gasteiger partial charge in [-0.05, 0) is 0 Å². The van der Waals surface area contributed by atoms with Gasteiger partial charge in [-0.1, -0.05) is 0 Å². The van der Waals surface area contributed by atoms with E-state index in [0.717, 1.165) is 3.52 Å². The second-order valence-corrected chi connectivity index (χ2v) is 13.9. The number of amides is 3. The second-order valence-electron chi connectivity index (χ2n) is 6.94. The van der Waals surface area contributed by atoms with Crippen LogP contribution in [0.5, 0.6) is 5.75 Å². The molecule has 3 N–H and O–H groups in total. The molecule has 0 aliphatic carbocycles. The molecule has 2 aliphatic rings. The Labute approximate surface area is 165 Å². The number of hydrogen-bond acceptors (Lipinski definition) is 5. The molecular formula is C18H23InN4O4. The molecule has 2 aliphatic heterocycles. The third-order valence-electron chi connectivity index (χ3n) is 4.73. The number of carbonyl (C=O) groups is 2. The van der Waals surface area contributed by atoms with Crippen LogP contribution in [0, 0.1) is 0 Å². The zero-order chi connectivity index (χ0) is 19.4. The van der Waals surface area contributed by atoms with Gasteiger partial charge in [0.2, 0.25) is 0 Å². The number of allylic oxidation sites excluding steroid dienone is 2. The minimum absolute atomic E-state index is 0.0559. The summed E-state index contributed by atoms with van der Waals surface area (Å²) in [6.45, 7) is 2.78. The van der Waals surface area contributed by atoms with Crippen LogP contribution in [0.3, 0.4) is 0 Å². The molecule has 3 rings (SSSR count). The van der Waals surface area contributed by atoms with Crippen molar-refractivity contribution in [1.29, 1.82) is 0 Å². The molecule has 1 aromatic heterocycles. The normalized spacial score (nSPS) is 18.1. The van der Waals surface area contributed by atoms with E-state index >= 15 is 0 Å². The molecule has 0 radical (unpaired) electrons. The zero-order valence-electron chi connectivity index (χ0n) is 15.4. The van der Waals surface area contributed by atoms with Crippen LogP contribution in [-0.4, -0.2) is 71.9 Å². The standard InChI is InChI=1S/C16H19N3O3.C2H4NO.In/c1-3-4-11-22-13-5-8-17-14(12-13)18-15(20)19-9-6-16(2,21)7-10-19;1-3-2-4;/h1,3-5,8,12,21H,6-7,9-10H2,2H3,(H,17,18,20);1H3,(H,3,4);. The number of aromatic nitrogens is 1. The van der Waals surface area contributed by atoms with Crippen molar-refractivity contribution in [3.05, 3.63) is 37.8 Å². The first-order chi connectivity index (χ1) is 12.9. The molecule has 0 aromatic carbocycles. The summed E-state index contributed by atoms with van der Waals surface area (Å²) < 4.78 is 8.64. The van der Waals surface area contributed by atoms with E-state index in [1.807, 2.05) is 16.0 Å². The fourth-order valence-corrected chi connectivity index (χ4v) is 8.27. The average Bonchev–Trinajstić information content (AvgIpc) is 3.09. The molecule has 0 atom stereocenters. The van der Waals surface area contributed by atoms with Crippen LogP contribution >= 0.6 is 0 Å². The maximum atomic E-state index is 12.4. The molecule has 1 saturated heterocycles. The van der Waals surface area contributed by atoms with Crippen molar-refractivity contribution >= 4 is 37.0 Å². The van der Waals surface area contributed by atoms with Gasteiger partial charge in [0.1, 0.15) is 0 Å². The summed E-state index contributed by atoms with van der Waals surface area (Å²) in [6, 6.07) is 3.09. The Kier molecular flexibility index (Phi) is 6.11. The molecule has 0 bridgehead atoms. The maximum absolute atomic E-state index is 12.4. The van der Waals surface area contributed by atoms with E-state index in [4.69, 9.17) is 4.74 Å². The number of aliphatic hydroxyl groups is 1. The van der Waals surface area contributed by atoms with Crippen molar-refractivity contribution in [2.45, 2.75) is 25.4 Å². The number of hydrogen-bond donors (Lipinski definition) is 3. The van der Waals surface area contributed by atoms with Crippen LogP contribution in [-0.2, 0) is 0 Å². The zero-order valence-corrected chi connectivity index (χ0v) is 18.7. The summed E-state index contributed by atoms with van der Waals surface area (Å²) in [4.78, 5) is 30.2. The van der Waals surface area contributed by atoms with Crippen molar-refractivity contribution in [2.24, 2.45) is 0 Å². The van der Waals surface area contributed by atoms with E-state index in [0.29, 0.717) is 37.5 Å². The number of anilines is 1. The van der Waals surface area contributed by atoms with Crippen LogP contribution in [0.2, 0.25) is 0 Å². The third kappa shape index (κ3) is 5.04. The quantitative estimate of drug-likeness (QED) is 0.618. The van der Waals surface area contributed by atoms with Gasteiger partial charge in [-0.15, -0.1) is 0 Å². The molecule has 27 heavy (non-hydrogen) atoms. The van der Waals surface area contributed by atoms with Gasteiger partial charge >= 0.3 is 166 Å². The summed E-state index contributed by atoms with van der Waals surface area (Å²) >= 11 is -2.74. The Morgan fingerprint density at radius 3 is 2.81 bits per heavy atom. The Hall–Kier alpha value is -2.00. The number of likely N-dealkylation sites (tertiary alicyclic amines) is 1. The number of nitrogens with one attached hydrogen (secondary N) is 2. The van der Waals surface area contributed by atoms with Gasteiger partial charge in [0, 0.05) is 0 Å². The molecule has 1 aromatic rings. The molecule has 3 heterocycles. The number of ether oxygens (including phenoxy) is 1. The molecule has 142 valence electrons. The molecule has 0 saturated carbocycles. The molecule has 3 amide bonds. The topological polar surface area (TPSA) is 104 Å². The molecule has 0 unspecified atom stereocenters. The van der Waals surface area contributed by atoms with Crippen molar-refractivity contribution in [2.75, 3.05) is 25.5 Å². The van der Waals surface area contributed by atoms with E-state index in [1.165, 1.54) is 0 Å². The fourth-order valence-electron chi connectivity index (χ4n) is 2.99. The van der Waals surface area contributed by atoms with E-state index in [2.05, 4.69) is 15.6 Å². The molecular weight excluding hydrogens is 451 g/mol.